The first kappa shape index (κ1) is 22.3. The van der Waals surface area contributed by atoms with Crippen molar-refractivity contribution >= 4 is 22.5 Å². The average molecular weight is 464 g/mol. The highest BCUT2D eigenvalue weighted by Gasteiger charge is 2.20. The molecule has 178 valence electrons. The molecule has 0 radical (unpaired) electrons. The van der Waals surface area contributed by atoms with Crippen molar-refractivity contribution in [2.45, 2.75) is 25.9 Å². The second kappa shape index (κ2) is 9.77. The van der Waals surface area contributed by atoms with Gasteiger partial charge in [0.2, 0.25) is 0 Å². The molecular formula is C26H29N3O5. The molecule has 0 bridgehead atoms. The predicted octanol–water partition coefficient (Wildman–Crippen LogP) is 3.80. The van der Waals surface area contributed by atoms with E-state index in [1.807, 2.05) is 49.4 Å². The second-order valence-electron chi connectivity index (χ2n) is 8.72. The van der Waals surface area contributed by atoms with Crippen LogP contribution < -0.4 is 24.3 Å². The maximum Gasteiger partial charge on any atom is 0.262 e. The van der Waals surface area contributed by atoms with Crippen LogP contribution in [0.2, 0.25) is 0 Å². The maximum atomic E-state index is 11.3. The number of pyridine rings is 1. The molecule has 0 aliphatic carbocycles. The molecule has 34 heavy (non-hydrogen) atoms. The fourth-order valence-corrected chi connectivity index (χ4v) is 4.25. The van der Waals surface area contributed by atoms with Gasteiger partial charge in [-0.3, -0.25) is 9.78 Å². The van der Waals surface area contributed by atoms with Crippen LogP contribution in [0.1, 0.15) is 18.5 Å². The van der Waals surface area contributed by atoms with E-state index in [0.29, 0.717) is 24.7 Å². The molecule has 3 aromatic rings. The minimum Gasteiger partial charge on any atom is -0.490 e. The molecule has 1 saturated heterocycles. The van der Waals surface area contributed by atoms with Crippen LogP contribution >= 0.6 is 0 Å². The summed E-state index contributed by atoms with van der Waals surface area (Å²) in [7, 11) is 2.13. The van der Waals surface area contributed by atoms with E-state index in [-0.39, 0.29) is 18.6 Å². The van der Waals surface area contributed by atoms with Crippen LogP contribution in [0, 0.1) is 6.92 Å². The Bertz CT molecular complexity index is 1190. The second-order valence-corrected chi connectivity index (χ2v) is 8.72. The number of aryl methyl sites for hydroxylation is 1. The van der Waals surface area contributed by atoms with Gasteiger partial charge in [-0.05, 0) is 63.2 Å². The van der Waals surface area contributed by atoms with Gasteiger partial charge in [0.15, 0.2) is 18.1 Å². The van der Waals surface area contributed by atoms with E-state index in [9.17, 15) is 4.79 Å². The maximum absolute atomic E-state index is 11.3. The standard InChI is InChI=1S/C14H18N2O3.C12H11NO2/c1-16-6-4-10(5-7-16)19-11-2-3-13-12(8-11)15-14(17)9-18-13;1-8-2-3-9-10(13-8)4-5-11-12(9)15-7-6-14-11/h2-3,8,10H,4-7,9H2,1H3,(H,15,17);2-5H,6-7H2,1H3. The summed E-state index contributed by atoms with van der Waals surface area (Å²) in [6.07, 6.45) is 2.34. The van der Waals surface area contributed by atoms with Gasteiger partial charge in [-0.1, -0.05) is 0 Å². The lowest BCUT2D eigenvalue weighted by Gasteiger charge is -2.29. The van der Waals surface area contributed by atoms with Gasteiger partial charge in [-0.25, -0.2) is 0 Å². The van der Waals surface area contributed by atoms with E-state index in [0.717, 1.165) is 59.8 Å². The topological polar surface area (TPSA) is 82.2 Å². The number of fused-ring (bicyclic) bond motifs is 4. The Kier molecular flexibility index (Phi) is 6.40. The summed E-state index contributed by atoms with van der Waals surface area (Å²) in [5.41, 5.74) is 2.67. The van der Waals surface area contributed by atoms with Crippen molar-refractivity contribution in [2.75, 3.05) is 45.3 Å². The van der Waals surface area contributed by atoms with Crippen molar-refractivity contribution in [3.05, 3.63) is 48.2 Å². The van der Waals surface area contributed by atoms with Gasteiger partial charge in [0.05, 0.1) is 11.2 Å². The Morgan fingerprint density at radius 3 is 2.65 bits per heavy atom. The number of likely N-dealkylation sites (tertiary alicyclic amines) is 1. The summed E-state index contributed by atoms with van der Waals surface area (Å²) in [5.74, 6) is 3.02. The number of rotatable bonds is 2. The smallest absolute Gasteiger partial charge is 0.262 e. The molecule has 1 aromatic heterocycles. The number of benzene rings is 2. The molecule has 4 heterocycles. The summed E-state index contributed by atoms with van der Waals surface area (Å²) < 4.78 is 22.4. The third-order valence-electron chi connectivity index (χ3n) is 6.06. The molecule has 0 spiro atoms. The van der Waals surface area contributed by atoms with E-state index in [1.165, 1.54) is 0 Å². The normalized spacial score (nSPS) is 17.6. The summed E-state index contributed by atoms with van der Waals surface area (Å²) in [5, 5.41) is 3.82. The Morgan fingerprint density at radius 2 is 1.79 bits per heavy atom. The Balaban J connectivity index is 0.000000145. The third-order valence-corrected chi connectivity index (χ3v) is 6.06. The van der Waals surface area contributed by atoms with Crippen LogP contribution in [-0.4, -0.2) is 61.9 Å². The molecule has 2 aromatic carbocycles. The lowest BCUT2D eigenvalue weighted by molar-refractivity contribution is -0.118. The SMILES string of the molecule is CN1CCC(Oc2ccc3c(c2)NC(=O)CO3)CC1.Cc1ccc2c3c(ccc2n1)OCCO3. The third kappa shape index (κ3) is 5.02. The number of aromatic nitrogens is 1. The lowest BCUT2D eigenvalue weighted by atomic mass is 10.1. The first-order valence-corrected chi connectivity index (χ1v) is 11.6. The number of ether oxygens (including phenoxy) is 4. The van der Waals surface area contributed by atoms with Gasteiger partial charge in [0, 0.05) is 30.2 Å². The van der Waals surface area contributed by atoms with E-state index < -0.39 is 0 Å². The van der Waals surface area contributed by atoms with Gasteiger partial charge < -0.3 is 29.2 Å². The average Bonchev–Trinajstić information content (AvgIpc) is 2.85. The van der Waals surface area contributed by atoms with Gasteiger partial charge >= 0.3 is 0 Å². The summed E-state index contributed by atoms with van der Waals surface area (Å²) in [6.45, 7) is 5.43. The highest BCUT2D eigenvalue weighted by atomic mass is 16.6. The molecule has 1 amide bonds. The molecule has 6 rings (SSSR count). The summed E-state index contributed by atoms with van der Waals surface area (Å²) in [4.78, 5) is 18.0. The minimum absolute atomic E-state index is 0.0855. The summed E-state index contributed by atoms with van der Waals surface area (Å²) in [6, 6.07) is 13.5. The molecule has 1 fully saturated rings. The van der Waals surface area contributed by atoms with Gasteiger partial charge in [-0.15, -0.1) is 0 Å². The minimum atomic E-state index is -0.121. The van der Waals surface area contributed by atoms with E-state index in [1.54, 1.807) is 0 Å². The van der Waals surface area contributed by atoms with Crippen molar-refractivity contribution in [1.29, 1.82) is 0 Å². The molecule has 8 heteroatoms. The van der Waals surface area contributed by atoms with Gasteiger partial charge in [0.1, 0.15) is 30.8 Å². The Hall–Kier alpha value is -3.52. The zero-order valence-corrected chi connectivity index (χ0v) is 19.5. The number of nitrogens with one attached hydrogen (secondary N) is 1. The molecule has 0 atom stereocenters. The van der Waals surface area contributed by atoms with Crippen molar-refractivity contribution in [3.63, 3.8) is 0 Å². The van der Waals surface area contributed by atoms with E-state index in [2.05, 4.69) is 22.2 Å². The number of hydrogen-bond acceptors (Lipinski definition) is 7. The van der Waals surface area contributed by atoms with E-state index >= 15 is 0 Å². The van der Waals surface area contributed by atoms with Crippen LogP contribution in [0.4, 0.5) is 5.69 Å². The fourth-order valence-electron chi connectivity index (χ4n) is 4.25. The zero-order valence-electron chi connectivity index (χ0n) is 19.5. The highest BCUT2D eigenvalue weighted by Crippen LogP contribution is 2.37. The van der Waals surface area contributed by atoms with Crippen molar-refractivity contribution in [1.82, 2.24) is 9.88 Å². The number of anilines is 1. The first-order chi connectivity index (χ1) is 16.5. The Labute approximate surface area is 198 Å². The molecule has 1 N–H and O–H groups in total. The van der Waals surface area contributed by atoms with Crippen molar-refractivity contribution in [3.8, 4) is 23.0 Å². The van der Waals surface area contributed by atoms with Crippen LogP contribution in [-0.2, 0) is 4.79 Å². The molecule has 3 aliphatic rings. The number of amides is 1. The van der Waals surface area contributed by atoms with Crippen molar-refractivity contribution in [2.24, 2.45) is 0 Å². The zero-order chi connectivity index (χ0) is 23.5. The first-order valence-electron chi connectivity index (χ1n) is 11.6. The number of nitrogens with zero attached hydrogens (tertiary/aromatic N) is 2. The fraction of sp³-hybridized carbons (Fsp3) is 0.385. The molecule has 0 saturated carbocycles. The van der Waals surface area contributed by atoms with Crippen molar-refractivity contribution < 1.29 is 23.7 Å². The van der Waals surface area contributed by atoms with Gasteiger partial charge in [-0.2, -0.15) is 0 Å². The summed E-state index contributed by atoms with van der Waals surface area (Å²) >= 11 is 0. The van der Waals surface area contributed by atoms with Crippen LogP contribution in [0.3, 0.4) is 0 Å². The molecule has 8 nitrogen and oxygen atoms in total. The quantitative estimate of drug-likeness (QED) is 0.619. The van der Waals surface area contributed by atoms with Crippen LogP contribution in [0.15, 0.2) is 42.5 Å². The Morgan fingerprint density at radius 1 is 1.00 bits per heavy atom. The molecule has 0 unspecified atom stereocenters. The monoisotopic (exact) mass is 463 g/mol. The van der Waals surface area contributed by atoms with Crippen LogP contribution in [0.5, 0.6) is 23.0 Å². The number of carbonyl (C=O) groups is 1. The predicted molar refractivity (Wildman–Crippen MR) is 129 cm³/mol. The van der Waals surface area contributed by atoms with Crippen LogP contribution in [0.25, 0.3) is 10.9 Å². The number of piperidine rings is 1. The molecule has 3 aliphatic heterocycles. The number of hydrogen-bond donors (Lipinski definition) is 1. The number of carbonyl (C=O) groups excluding carboxylic acids is 1. The lowest BCUT2D eigenvalue weighted by Crippen LogP contribution is -2.35. The van der Waals surface area contributed by atoms with E-state index in [4.69, 9.17) is 18.9 Å². The largest absolute Gasteiger partial charge is 0.490 e. The highest BCUT2D eigenvalue weighted by molar-refractivity contribution is 5.95. The molecular weight excluding hydrogens is 434 g/mol. The van der Waals surface area contributed by atoms with Gasteiger partial charge in [0.25, 0.3) is 5.91 Å².